The van der Waals surface area contributed by atoms with Crippen LogP contribution in [-0.4, -0.2) is 64.6 Å². The van der Waals surface area contributed by atoms with Gasteiger partial charge in [-0.25, -0.2) is 24.2 Å². The van der Waals surface area contributed by atoms with Gasteiger partial charge in [-0.15, -0.1) is 0 Å². The van der Waals surface area contributed by atoms with E-state index in [9.17, 15) is 28.8 Å². The van der Waals surface area contributed by atoms with Crippen molar-refractivity contribution in [2.45, 2.75) is 98.5 Å². The average Bonchev–Trinajstić information content (AvgIpc) is 3.09. The SMILES string of the molecule is CC(=O)c1ccc(C[C@H](NC(=O)c2ccc3cc(OC(=O)c4ccc(N=C(NC(=O)OC(C)(C)C)NC(=O)OC(C)(C)C)cc4)ccc3c2)C(=O)OC(C)(C)C)cc1. The van der Waals surface area contributed by atoms with Crippen molar-refractivity contribution >= 4 is 58.2 Å². The number of aliphatic imine (C=N–C) groups is 1. The van der Waals surface area contributed by atoms with Gasteiger partial charge < -0.3 is 24.3 Å². The first-order valence-corrected chi connectivity index (χ1v) is 18.5. The van der Waals surface area contributed by atoms with Crippen LogP contribution >= 0.6 is 0 Å². The molecule has 14 heteroatoms. The van der Waals surface area contributed by atoms with E-state index in [1.54, 1.807) is 123 Å². The molecule has 0 saturated heterocycles. The number of amides is 3. The third-order valence-electron chi connectivity index (χ3n) is 7.66. The van der Waals surface area contributed by atoms with Crippen molar-refractivity contribution in [3.8, 4) is 5.75 Å². The van der Waals surface area contributed by atoms with Gasteiger partial charge in [0, 0.05) is 17.5 Å². The fourth-order valence-electron chi connectivity index (χ4n) is 5.20. The normalized spacial score (nSPS) is 12.0. The fourth-order valence-corrected chi connectivity index (χ4v) is 5.20. The van der Waals surface area contributed by atoms with E-state index in [1.165, 1.54) is 31.2 Å². The van der Waals surface area contributed by atoms with E-state index in [0.717, 1.165) is 5.56 Å². The number of hydrogen-bond donors (Lipinski definition) is 3. The predicted octanol–water partition coefficient (Wildman–Crippen LogP) is 7.98. The molecule has 3 amide bonds. The second-order valence-electron chi connectivity index (χ2n) is 16.4. The molecule has 0 saturated carbocycles. The molecule has 1 atom stereocenters. The molecular formula is C44H50N4O10. The average molecular weight is 795 g/mol. The van der Waals surface area contributed by atoms with Crippen molar-refractivity contribution in [2.75, 3.05) is 0 Å². The van der Waals surface area contributed by atoms with E-state index in [-0.39, 0.29) is 35.2 Å². The number of fused-ring (bicyclic) bond motifs is 1. The van der Waals surface area contributed by atoms with Gasteiger partial charge in [0.15, 0.2) is 5.78 Å². The van der Waals surface area contributed by atoms with Gasteiger partial charge >= 0.3 is 24.1 Å². The van der Waals surface area contributed by atoms with Gasteiger partial charge in [0.05, 0.1) is 11.3 Å². The van der Waals surface area contributed by atoms with Gasteiger partial charge in [0.2, 0.25) is 5.96 Å². The molecule has 0 aliphatic heterocycles. The summed E-state index contributed by atoms with van der Waals surface area (Å²) in [5, 5.41) is 8.97. The van der Waals surface area contributed by atoms with Crippen LogP contribution in [0.15, 0.2) is 89.9 Å². The second kappa shape index (κ2) is 18.1. The van der Waals surface area contributed by atoms with Crippen LogP contribution in [0.25, 0.3) is 10.8 Å². The number of esters is 2. The Labute approximate surface area is 337 Å². The molecule has 4 aromatic rings. The van der Waals surface area contributed by atoms with Crippen LogP contribution < -0.4 is 20.7 Å². The molecule has 0 aliphatic rings. The minimum absolute atomic E-state index is 0.0818. The molecule has 14 nitrogen and oxygen atoms in total. The maximum absolute atomic E-state index is 13.5. The lowest BCUT2D eigenvalue weighted by molar-refractivity contribution is -0.157. The summed E-state index contributed by atoms with van der Waals surface area (Å²) < 4.78 is 21.8. The highest BCUT2D eigenvalue weighted by molar-refractivity contribution is 6.03. The number of nitrogens with zero attached hydrogens (tertiary/aromatic N) is 1. The molecule has 58 heavy (non-hydrogen) atoms. The molecule has 4 rings (SSSR count). The molecule has 0 aromatic heterocycles. The Kier molecular flexibility index (Phi) is 13.8. The quantitative estimate of drug-likeness (QED) is 0.0374. The molecular weight excluding hydrogens is 745 g/mol. The first-order chi connectivity index (χ1) is 26.9. The van der Waals surface area contributed by atoms with Crippen LogP contribution in [-0.2, 0) is 25.4 Å². The monoisotopic (exact) mass is 794 g/mol. The van der Waals surface area contributed by atoms with Gasteiger partial charge in [0.1, 0.15) is 28.6 Å². The summed E-state index contributed by atoms with van der Waals surface area (Å²) in [6.07, 6.45) is -1.56. The highest BCUT2D eigenvalue weighted by atomic mass is 16.6. The number of carbonyl (C=O) groups is 6. The molecule has 0 aliphatic carbocycles. The van der Waals surface area contributed by atoms with Crippen molar-refractivity contribution in [1.29, 1.82) is 0 Å². The summed E-state index contributed by atoms with van der Waals surface area (Å²) in [6.45, 7) is 16.8. The lowest BCUT2D eigenvalue weighted by atomic mass is 10.0. The lowest BCUT2D eigenvalue weighted by Crippen LogP contribution is -2.47. The van der Waals surface area contributed by atoms with Crippen molar-refractivity contribution in [3.05, 3.63) is 107 Å². The Morgan fingerprint density at radius 3 is 1.64 bits per heavy atom. The van der Waals surface area contributed by atoms with Crippen LogP contribution in [0.4, 0.5) is 15.3 Å². The number of rotatable bonds is 9. The zero-order valence-corrected chi connectivity index (χ0v) is 34.4. The van der Waals surface area contributed by atoms with E-state index in [1.807, 2.05) is 0 Å². The standard InChI is InChI=1S/C44H50N4O10/c1-26(49)28-13-11-27(12-14-28)23-35(38(52)56-42(2,3)4)46-36(50)32-16-15-31-25-34(22-19-30(31)24-32)55-37(51)29-17-20-33(21-18-29)45-39(47-40(53)57-43(5,6)7)48-41(54)58-44(8,9)10/h11-22,24-25,35H,23H2,1-10H3,(H,46,50)(H2,45,47,48,53,54)/t35-/m0/s1. The second-order valence-corrected chi connectivity index (χ2v) is 16.4. The van der Waals surface area contributed by atoms with E-state index < -0.39 is 52.9 Å². The summed E-state index contributed by atoms with van der Waals surface area (Å²) in [5.41, 5.74) is -0.352. The third kappa shape index (κ3) is 14.2. The lowest BCUT2D eigenvalue weighted by Gasteiger charge is -2.25. The molecule has 0 bridgehead atoms. The maximum atomic E-state index is 13.5. The minimum Gasteiger partial charge on any atom is -0.458 e. The van der Waals surface area contributed by atoms with Crippen molar-refractivity contribution < 1.29 is 47.7 Å². The number of ether oxygens (including phenoxy) is 4. The van der Waals surface area contributed by atoms with Crippen molar-refractivity contribution in [2.24, 2.45) is 4.99 Å². The molecule has 3 N–H and O–H groups in total. The maximum Gasteiger partial charge on any atom is 0.414 e. The first kappa shape index (κ1) is 44.1. The predicted molar refractivity (Wildman–Crippen MR) is 218 cm³/mol. The smallest absolute Gasteiger partial charge is 0.414 e. The van der Waals surface area contributed by atoms with Gasteiger partial charge in [-0.2, -0.15) is 0 Å². The van der Waals surface area contributed by atoms with Crippen LogP contribution in [0.2, 0.25) is 0 Å². The molecule has 0 heterocycles. The Hall–Kier alpha value is -6.57. The van der Waals surface area contributed by atoms with Crippen LogP contribution in [0.5, 0.6) is 5.75 Å². The fraction of sp³-hybridized carbons (Fsp3) is 0.341. The van der Waals surface area contributed by atoms with E-state index in [4.69, 9.17) is 18.9 Å². The summed E-state index contributed by atoms with van der Waals surface area (Å²) in [7, 11) is 0. The zero-order valence-electron chi connectivity index (χ0n) is 34.4. The number of benzene rings is 4. The molecule has 306 valence electrons. The minimum atomic E-state index is -1.00. The Bertz CT molecular complexity index is 2180. The van der Waals surface area contributed by atoms with E-state index in [0.29, 0.717) is 21.9 Å². The van der Waals surface area contributed by atoms with Crippen molar-refractivity contribution in [3.63, 3.8) is 0 Å². The highest BCUT2D eigenvalue weighted by Crippen LogP contribution is 2.24. The number of Topliss-reactive ketones (excluding diaryl/α,β-unsaturated/α-hetero) is 1. The Morgan fingerprint density at radius 1 is 0.603 bits per heavy atom. The largest absolute Gasteiger partial charge is 0.458 e. The Morgan fingerprint density at radius 2 is 1.10 bits per heavy atom. The summed E-state index contributed by atoms with van der Waals surface area (Å²) in [6, 6.07) is 21.6. The Balaban J connectivity index is 1.46. The number of guanidine groups is 1. The van der Waals surface area contributed by atoms with Gasteiger partial charge in [0.25, 0.3) is 5.91 Å². The van der Waals surface area contributed by atoms with E-state index in [2.05, 4.69) is 20.9 Å². The molecule has 0 fully saturated rings. The van der Waals surface area contributed by atoms with Crippen LogP contribution in [0.1, 0.15) is 106 Å². The molecule has 0 unspecified atom stereocenters. The van der Waals surface area contributed by atoms with Crippen molar-refractivity contribution in [1.82, 2.24) is 16.0 Å². The molecule has 0 radical (unpaired) electrons. The molecule has 4 aromatic carbocycles. The number of carbonyl (C=O) groups excluding carboxylic acids is 6. The van der Waals surface area contributed by atoms with Gasteiger partial charge in [-0.3, -0.25) is 20.2 Å². The summed E-state index contributed by atoms with van der Waals surface area (Å²) in [5.74, 6) is -1.83. The number of ketones is 1. The summed E-state index contributed by atoms with van der Waals surface area (Å²) >= 11 is 0. The highest BCUT2D eigenvalue weighted by Gasteiger charge is 2.28. The van der Waals surface area contributed by atoms with Crippen LogP contribution in [0, 0.1) is 0 Å². The zero-order chi connectivity index (χ0) is 43.0. The summed E-state index contributed by atoms with van der Waals surface area (Å²) in [4.78, 5) is 80.6. The molecule has 0 spiro atoms. The topological polar surface area (TPSA) is 188 Å². The van der Waals surface area contributed by atoms with Crippen LogP contribution in [0.3, 0.4) is 0 Å². The third-order valence-corrected chi connectivity index (χ3v) is 7.66. The first-order valence-electron chi connectivity index (χ1n) is 18.5. The van der Waals surface area contributed by atoms with E-state index >= 15 is 0 Å². The number of alkyl carbamates (subject to hydrolysis) is 2. The van der Waals surface area contributed by atoms with Gasteiger partial charge in [-0.1, -0.05) is 36.4 Å². The number of nitrogens with one attached hydrogen (secondary N) is 3. The van der Waals surface area contributed by atoms with Gasteiger partial charge in [-0.05, 0) is 134 Å². The number of hydrogen-bond acceptors (Lipinski definition) is 11.